The minimum atomic E-state index is 0.0695. The molecule has 2 unspecified atom stereocenters. The Morgan fingerprint density at radius 1 is 1.25 bits per heavy atom. The van der Waals surface area contributed by atoms with E-state index in [1.807, 2.05) is 0 Å². The molecule has 2 heteroatoms. The second-order valence-corrected chi connectivity index (χ2v) is 6.67. The molecular formula is C18H30N2. The molecule has 2 nitrogen and oxygen atoms in total. The van der Waals surface area contributed by atoms with Crippen molar-refractivity contribution >= 4 is 0 Å². The van der Waals surface area contributed by atoms with Gasteiger partial charge in [0.25, 0.3) is 0 Å². The van der Waals surface area contributed by atoms with Gasteiger partial charge in [0, 0.05) is 12.6 Å². The van der Waals surface area contributed by atoms with E-state index in [1.165, 1.54) is 24.9 Å². The molecule has 1 aromatic carbocycles. The first-order valence-electron chi connectivity index (χ1n) is 8.11. The van der Waals surface area contributed by atoms with Crippen molar-refractivity contribution in [1.82, 2.24) is 10.2 Å². The zero-order valence-corrected chi connectivity index (χ0v) is 13.5. The first kappa shape index (κ1) is 15.5. The fourth-order valence-electron chi connectivity index (χ4n) is 3.62. The Morgan fingerprint density at radius 2 is 1.95 bits per heavy atom. The maximum absolute atomic E-state index is 3.78. The highest BCUT2D eigenvalue weighted by Crippen LogP contribution is 2.27. The van der Waals surface area contributed by atoms with Crippen LogP contribution in [0.25, 0.3) is 0 Å². The molecule has 0 radical (unpaired) electrons. The van der Waals surface area contributed by atoms with Gasteiger partial charge in [-0.3, -0.25) is 4.90 Å². The fraction of sp³-hybridized carbons (Fsp3) is 0.667. The predicted octanol–water partition coefficient (Wildman–Crippen LogP) is 3.63. The minimum Gasteiger partial charge on any atom is -0.307 e. The highest BCUT2D eigenvalue weighted by molar-refractivity contribution is 5.24. The molecule has 1 saturated heterocycles. The Bertz CT molecular complexity index is 401. The molecular weight excluding hydrogens is 244 g/mol. The van der Waals surface area contributed by atoms with Gasteiger partial charge in [0.05, 0.1) is 5.54 Å². The van der Waals surface area contributed by atoms with Gasteiger partial charge in [0.15, 0.2) is 0 Å². The molecule has 20 heavy (non-hydrogen) atoms. The molecule has 2 rings (SSSR count). The van der Waals surface area contributed by atoms with E-state index < -0.39 is 0 Å². The third-order valence-corrected chi connectivity index (χ3v) is 4.72. The molecule has 0 amide bonds. The zero-order valence-electron chi connectivity index (χ0n) is 13.5. The quantitative estimate of drug-likeness (QED) is 0.902. The van der Waals surface area contributed by atoms with E-state index in [2.05, 4.69) is 68.2 Å². The second kappa shape index (κ2) is 6.73. The number of hydrogen-bond donors (Lipinski definition) is 1. The number of nitrogens with one attached hydrogen (secondary N) is 1. The summed E-state index contributed by atoms with van der Waals surface area (Å²) >= 11 is 0. The SMILES string of the molecule is CCC(C(C)C)N1CCCNC(C)(c2ccccc2)C1. The molecule has 1 fully saturated rings. The normalized spacial score (nSPS) is 26.4. The summed E-state index contributed by atoms with van der Waals surface area (Å²) in [6.45, 7) is 12.8. The van der Waals surface area contributed by atoms with Crippen molar-refractivity contribution in [3.63, 3.8) is 0 Å². The van der Waals surface area contributed by atoms with Gasteiger partial charge in [0.2, 0.25) is 0 Å². The Hall–Kier alpha value is -0.860. The average Bonchev–Trinajstić information content (AvgIpc) is 2.63. The van der Waals surface area contributed by atoms with Crippen LogP contribution >= 0.6 is 0 Å². The van der Waals surface area contributed by atoms with Crippen LogP contribution in [0.3, 0.4) is 0 Å². The molecule has 1 aromatic rings. The van der Waals surface area contributed by atoms with Crippen molar-refractivity contribution in [2.75, 3.05) is 19.6 Å². The summed E-state index contributed by atoms with van der Waals surface area (Å²) in [5.74, 6) is 0.720. The Morgan fingerprint density at radius 3 is 2.55 bits per heavy atom. The number of nitrogens with zero attached hydrogens (tertiary/aromatic N) is 1. The van der Waals surface area contributed by atoms with E-state index in [0.29, 0.717) is 6.04 Å². The summed E-state index contributed by atoms with van der Waals surface area (Å²) in [5.41, 5.74) is 1.48. The van der Waals surface area contributed by atoms with Gasteiger partial charge >= 0.3 is 0 Å². The first-order chi connectivity index (χ1) is 9.57. The molecule has 1 heterocycles. The Kier molecular flexibility index (Phi) is 5.22. The van der Waals surface area contributed by atoms with Gasteiger partial charge in [0.1, 0.15) is 0 Å². The highest BCUT2D eigenvalue weighted by atomic mass is 15.2. The van der Waals surface area contributed by atoms with Crippen LogP contribution in [0.4, 0.5) is 0 Å². The second-order valence-electron chi connectivity index (χ2n) is 6.67. The van der Waals surface area contributed by atoms with Crippen molar-refractivity contribution in [1.29, 1.82) is 0 Å². The van der Waals surface area contributed by atoms with Crippen LogP contribution in [0, 0.1) is 5.92 Å². The lowest BCUT2D eigenvalue weighted by atomic mass is 9.90. The lowest BCUT2D eigenvalue weighted by Crippen LogP contribution is -2.50. The maximum atomic E-state index is 3.78. The van der Waals surface area contributed by atoms with Crippen LogP contribution in [0.15, 0.2) is 30.3 Å². The zero-order chi connectivity index (χ0) is 14.6. The van der Waals surface area contributed by atoms with Gasteiger partial charge in [-0.1, -0.05) is 51.1 Å². The van der Waals surface area contributed by atoms with E-state index in [-0.39, 0.29) is 5.54 Å². The van der Waals surface area contributed by atoms with Crippen molar-refractivity contribution in [3.05, 3.63) is 35.9 Å². The van der Waals surface area contributed by atoms with Gasteiger partial charge in [-0.05, 0) is 44.3 Å². The summed E-state index contributed by atoms with van der Waals surface area (Å²) < 4.78 is 0. The number of rotatable bonds is 4. The molecule has 0 bridgehead atoms. The van der Waals surface area contributed by atoms with Gasteiger partial charge in [-0.2, -0.15) is 0 Å². The third-order valence-electron chi connectivity index (χ3n) is 4.72. The minimum absolute atomic E-state index is 0.0695. The van der Waals surface area contributed by atoms with Crippen molar-refractivity contribution < 1.29 is 0 Å². The maximum Gasteiger partial charge on any atom is 0.0535 e. The standard InChI is InChI=1S/C18H30N2/c1-5-17(15(2)3)20-13-9-12-19-18(4,14-20)16-10-7-6-8-11-16/h6-8,10-11,15,17,19H,5,9,12-14H2,1-4H3. The van der Waals surface area contributed by atoms with Crippen molar-refractivity contribution in [2.24, 2.45) is 5.92 Å². The predicted molar refractivity (Wildman–Crippen MR) is 86.9 cm³/mol. The highest BCUT2D eigenvalue weighted by Gasteiger charge is 2.33. The Labute approximate surface area is 124 Å². The molecule has 0 saturated carbocycles. The molecule has 2 atom stereocenters. The van der Waals surface area contributed by atoms with Crippen LogP contribution in [0.2, 0.25) is 0 Å². The third kappa shape index (κ3) is 3.42. The van der Waals surface area contributed by atoms with Crippen molar-refractivity contribution in [3.8, 4) is 0 Å². The lowest BCUT2D eigenvalue weighted by molar-refractivity contribution is 0.125. The van der Waals surface area contributed by atoms with Gasteiger partial charge in [-0.15, -0.1) is 0 Å². The van der Waals surface area contributed by atoms with E-state index in [4.69, 9.17) is 0 Å². The van der Waals surface area contributed by atoms with Crippen LogP contribution in [-0.2, 0) is 5.54 Å². The first-order valence-corrected chi connectivity index (χ1v) is 8.11. The van der Waals surface area contributed by atoms with E-state index in [9.17, 15) is 0 Å². The topological polar surface area (TPSA) is 15.3 Å². The Balaban J connectivity index is 2.22. The van der Waals surface area contributed by atoms with Gasteiger partial charge in [-0.25, -0.2) is 0 Å². The van der Waals surface area contributed by atoms with Crippen LogP contribution in [-0.4, -0.2) is 30.6 Å². The molecule has 0 aromatic heterocycles. The number of benzene rings is 1. The summed E-state index contributed by atoms with van der Waals surface area (Å²) in [5, 5.41) is 3.78. The summed E-state index contributed by atoms with van der Waals surface area (Å²) in [4.78, 5) is 2.71. The summed E-state index contributed by atoms with van der Waals surface area (Å²) in [6.07, 6.45) is 2.48. The van der Waals surface area contributed by atoms with Crippen LogP contribution in [0.1, 0.15) is 46.1 Å². The smallest absolute Gasteiger partial charge is 0.0535 e. The average molecular weight is 274 g/mol. The monoisotopic (exact) mass is 274 g/mol. The largest absolute Gasteiger partial charge is 0.307 e. The van der Waals surface area contributed by atoms with E-state index >= 15 is 0 Å². The molecule has 1 N–H and O–H groups in total. The van der Waals surface area contributed by atoms with E-state index in [0.717, 1.165) is 19.0 Å². The van der Waals surface area contributed by atoms with Crippen LogP contribution < -0.4 is 5.32 Å². The van der Waals surface area contributed by atoms with Gasteiger partial charge < -0.3 is 5.32 Å². The molecule has 0 spiro atoms. The van der Waals surface area contributed by atoms with Crippen LogP contribution in [0.5, 0.6) is 0 Å². The molecule has 112 valence electrons. The van der Waals surface area contributed by atoms with Crippen molar-refractivity contribution in [2.45, 2.75) is 52.1 Å². The molecule has 1 aliphatic rings. The molecule has 0 aliphatic carbocycles. The number of hydrogen-bond acceptors (Lipinski definition) is 2. The molecule has 1 aliphatic heterocycles. The fourth-order valence-corrected chi connectivity index (χ4v) is 3.62. The lowest BCUT2D eigenvalue weighted by Gasteiger charge is -2.39. The summed E-state index contributed by atoms with van der Waals surface area (Å²) in [7, 11) is 0. The summed E-state index contributed by atoms with van der Waals surface area (Å²) in [6, 6.07) is 11.6. The van der Waals surface area contributed by atoms with E-state index in [1.54, 1.807) is 0 Å².